The molecule has 0 fully saturated rings. The number of esters is 2. The summed E-state index contributed by atoms with van der Waals surface area (Å²) in [6.07, 6.45) is -1.33. The minimum atomic E-state index is -2.56. The smallest absolute Gasteiger partial charge is 0.308 e. The summed E-state index contributed by atoms with van der Waals surface area (Å²) < 4.78 is 34.5. The molecule has 0 spiro atoms. The van der Waals surface area contributed by atoms with E-state index >= 15 is 0 Å². The van der Waals surface area contributed by atoms with E-state index in [1.165, 1.54) is 10.4 Å². The number of carbonyl (C=O) groups is 8. The lowest BCUT2D eigenvalue weighted by molar-refractivity contribution is -0.158. The predicted molar refractivity (Wildman–Crippen MR) is 367 cm³/mol. The molecule has 5 atom stereocenters. The van der Waals surface area contributed by atoms with Gasteiger partial charge in [0.2, 0.25) is 37.6 Å². The molecule has 21 nitrogen and oxygen atoms in total. The van der Waals surface area contributed by atoms with Gasteiger partial charge in [0.25, 0.3) is 6.47 Å². The van der Waals surface area contributed by atoms with E-state index in [9.17, 15) is 33.6 Å². The Labute approximate surface area is 561 Å². The van der Waals surface area contributed by atoms with Crippen molar-refractivity contribution in [3.63, 3.8) is 0 Å². The summed E-state index contributed by atoms with van der Waals surface area (Å²) in [6.45, 7) is 23.3. The lowest BCUT2D eigenvalue weighted by Gasteiger charge is -2.39. The van der Waals surface area contributed by atoms with Crippen molar-refractivity contribution >= 4 is 66.4 Å². The number of nitrogens with two attached hydrogens (primary N) is 1. The molecular formula is C73H98N6O15Si. The Balaban J connectivity index is 0.00000628. The predicted octanol–water partition coefficient (Wildman–Crippen LogP) is 6.09. The highest BCUT2D eigenvalue weighted by molar-refractivity contribution is 7.10. The topological polar surface area (TPSA) is 298 Å². The molecule has 22 heteroatoms. The minimum Gasteiger partial charge on any atom is -0.488 e. The average molecular weight is 1330 g/mol. The van der Waals surface area contributed by atoms with Gasteiger partial charge in [-0.1, -0.05) is 160 Å². The highest BCUT2D eigenvalue weighted by atomic mass is 28.3. The Bertz CT molecular complexity index is 3230. The van der Waals surface area contributed by atoms with Gasteiger partial charge >= 0.3 is 11.9 Å². The number of hydrogen-bond acceptors (Lipinski definition) is 15. The molecule has 0 aromatic heterocycles. The van der Waals surface area contributed by atoms with Crippen molar-refractivity contribution in [2.75, 3.05) is 46.2 Å². The standard InChI is InChI=1S/C72H96N6O13Si.CH2O2/c1-69(2,3)89-54-36-34-53(35-37-54)48-58(75-64(81)57(73)46-51-26-17-13-18-27-51)66(83)76-59(47-52-28-19-14-20-29-52)67(84)78-61(50-63(80)91-71(7,8)9)68(85)77-60(49-62(79)90-70(4,5)6)65(82)74-38-40-87-42-44-88-43-41-86-39-25-45-92(72(10,11)12,55-30-21-15-22-31-55)56-32-23-16-24-33-56;2-1-3/h13-24,26-37,57-61H,38-44,46-50,73H2,1-12H3,(H,74,82)(H,75,81)(H,76,83)(H,77,85)(H,78,84);1H,(H,2,3)/t57-,58-,59-,60-,61-;/m0./s1. The lowest BCUT2D eigenvalue weighted by Crippen LogP contribution is -2.63. The first-order valence-electron chi connectivity index (χ1n) is 31.8. The first-order valence-corrected chi connectivity index (χ1v) is 33.8. The van der Waals surface area contributed by atoms with E-state index in [4.69, 9.17) is 44.1 Å². The number of benzene rings is 5. The van der Waals surface area contributed by atoms with E-state index in [2.05, 4.69) is 107 Å². The fourth-order valence-electron chi connectivity index (χ4n) is 9.97. The van der Waals surface area contributed by atoms with E-state index in [0.29, 0.717) is 30.1 Å². The second kappa shape index (κ2) is 38.6. The molecule has 0 heterocycles. The molecule has 8 N–H and O–H groups in total. The van der Waals surface area contributed by atoms with Crippen LogP contribution >= 0.6 is 0 Å². The zero-order valence-electron chi connectivity index (χ0n) is 57.0. The molecule has 0 unspecified atom stereocenters. The molecule has 5 aromatic rings. The number of hydrogen-bond donors (Lipinski definition) is 7. The molecule has 5 amide bonds. The minimum absolute atomic E-state index is 0.0318. The molecule has 514 valence electrons. The third-order valence-corrected chi connectivity index (χ3v) is 19.3. The normalized spacial score (nSPS) is 13.2. The molecule has 0 bridgehead atoms. The maximum Gasteiger partial charge on any atom is 0.308 e. The van der Waals surface area contributed by atoms with Gasteiger partial charge in [-0.15, -0.1) is 5.54 Å². The quantitative estimate of drug-likeness (QED) is 0.00842. The SMILES string of the molecule is CC(C)(C)OC(=O)C[C@H](NC(=O)[C@H](CC(=O)OC(C)(C)C)NC(=O)[C@H](Cc1ccccc1)NC(=O)[C@H](Cc1ccc(OC(C)(C)C)cc1)NC(=O)[C@@H](N)Cc1ccccc1)C(=O)NCCOCCOCCOCC#C[Si](c1ccccc1)(c1ccccc1)C(C)(C)C.O=CO. The van der Waals surface area contributed by atoms with E-state index in [1.54, 1.807) is 96.1 Å². The molecule has 0 radical (unpaired) electrons. The van der Waals surface area contributed by atoms with Gasteiger partial charge in [-0.25, -0.2) is 0 Å². The summed E-state index contributed by atoms with van der Waals surface area (Å²) in [6, 6.07) is 38.9. The number of ether oxygens (including phenoxy) is 6. The number of rotatable bonds is 32. The number of carbonyl (C=O) groups excluding carboxylic acids is 7. The summed E-state index contributed by atoms with van der Waals surface area (Å²) >= 11 is 0. The Hall–Kier alpha value is -8.72. The fourth-order valence-corrected chi connectivity index (χ4v) is 14.4. The number of nitrogens with one attached hydrogen (secondary N) is 5. The van der Waals surface area contributed by atoms with Crippen molar-refractivity contribution < 1.29 is 71.9 Å². The average Bonchev–Trinajstić information content (AvgIpc) is 0.750. The molecule has 5 aromatic carbocycles. The van der Waals surface area contributed by atoms with Crippen LogP contribution in [0.5, 0.6) is 5.75 Å². The van der Waals surface area contributed by atoms with Gasteiger partial charge in [-0.3, -0.25) is 38.4 Å². The molecule has 0 saturated heterocycles. The largest absolute Gasteiger partial charge is 0.488 e. The van der Waals surface area contributed by atoms with Crippen molar-refractivity contribution in [1.82, 2.24) is 26.6 Å². The van der Waals surface area contributed by atoms with Crippen LogP contribution in [0.25, 0.3) is 0 Å². The van der Waals surface area contributed by atoms with Crippen LogP contribution in [-0.2, 0) is 81.3 Å². The second-order valence-electron chi connectivity index (χ2n) is 26.6. The van der Waals surface area contributed by atoms with Crippen LogP contribution in [0.2, 0.25) is 5.04 Å². The van der Waals surface area contributed by atoms with Crippen LogP contribution in [0.15, 0.2) is 146 Å². The fraction of sp³-hybridized carbons (Fsp3) is 0.452. The maximum absolute atomic E-state index is 14.8. The van der Waals surface area contributed by atoms with Crippen molar-refractivity contribution in [3.05, 3.63) is 162 Å². The Kier molecular flexibility index (Phi) is 32.0. The van der Waals surface area contributed by atoms with Crippen LogP contribution in [0, 0.1) is 11.5 Å². The van der Waals surface area contributed by atoms with Gasteiger partial charge in [0, 0.05) is 19.4 Å². The molecule has 0 saturated carbocycles. The Morgan fingerprint density at radius 1 is 0.474 bits per heavy atom. The summed E-state index contributed by atoms with van der Waals surface area (Å²) in [7, 11) is -2.56. The van der Waals surface area contributed by atoms with Crippen molar-refractivity contribution in [2.45, 2.75) is 167 Å². The van der Waals surface area contributed by atoms with Crippen molar-refractivity contribution in [2.24, 2.45) is 5.73 Å². The van der Waals surface area contributed by atoms with E-state index in [1.807, 2.05) is 63.2 Å². The number of carboxylic acid groups (broad SMARTS) is 1. The van der Waals surface area contributed by atoms with Crippen LogP contribution in [0.3, 0.4) is 0 Å². The molecule has 0 aliphatic carbocycles. The van der Waals surface area contributed by atoms with Crippen molar-refractivity contribution in [1.29, 1.82) is 0 Å². The van der Waals surface area contributed by atoms with E-state index < -0.39 is 109 Å². The van der Waals surface area contributed by atoms with Crippen LogP contribution in [0.4, 0.5) is 0 Å². The van der Waals surface area contributed by atoms with Crippen molar-refractivity contribution in [3.8, 4) is 17.2 Å². The molecular weight excluding hydrogens is 1230 g/mol. The molecule has 0 aliphatic rings. The van der Waals surface area contributed by atoms with Crippen LogP contribution < -0.4 is 47.4 Å². The summed E-state index contributed by atoms with van der Waals surface area (Å²) in [5.74, 6) is -1.88. The van der Waals surface area contributed by atoms with Gasteiger partial charge in [0.1, 0.15) is 53.3 Å². The van der Waals surface area contributed by atoms with Crippen LogP contribution in [-0.4, -0.2) is 154 Å². The third-order valence-electron chi connectivity index (χ3n) is 14.1. The maximum atomic E-state index is 14.8. The summed E-state index contributed by atoms with van der Waals surface area (Å²) in [5.41, 5.74) is 9.75. The third kappa shape index (κ3) is 29.2. The second-order valence-corrected chi connectivity index (χ2v) is 31.0. The Morgan fingerprint density at radius 2 is 0.842 bits per heavy atom. The van der Waals surface area contributed by atoms with E-state index in [0.717, 1.165) is 5.56 Å². The molecule has 5 rings (SSSR count). The summed E-state index contributed by atoms with van der Waals surface area (Å²) in [4.78, 5) is 107. The monoisotopic (exact) mass is 1330 g/mol. The highest BCUT2D eigenvalue weighted by Gasteiger charge is 2.47. The van der Waals surface area contributed by atoms with E-state index in [-0.39, 0.29) is 63.7 Å². The molecule has 95 heavy (non-hydrogen) atoms. The highest BCUT2D eigenvalue weighted by Crippen LogP contribution is 2.35. The zero-order valence-corrected chi connectivity index (χ0v) is 58.0. The Morgan fingerprint density at radius 3 is 1.27 bits per heavy atom. The summed E-state index contributed by atoms with van der Waals surface area (Å²) in [5, 5.41) is 22.7. The number of amides is 5. The van der Waals surface area contributed by atoms with Gasteiger partial charge in [0.15, 0.2) is 0 Å². The van der Waals surface area contributed by atoms with Gasteiger partial charge in [-0.2, -0.15) is 0 Å². The first-order chi connectivity index (χ1) is 44.8. The van der Waals surface area contributed by atoms with Gasteiger partial charge < -0.3 is 65.8 Å². The van der Waals surface area contributed by atoms with Gasteiger partial charge in [0.05, 0.1) is 51.9 Å². The molecule has 0 aliphatic heterocycles. The zero-order chi connectivity index (χ0) is 70.2. The van der Waals surface area contributed by atoms with Crippen LogP contribution in [0.1, 0.15) is 113 Å². The lowest BCUT2D eigenvalue weighted by atomic mass is 10.0. The first kappa shape index (κ1) is 78.7. The van der Waals surface area contributed by atoms with Gasteiger partial charge in [-0.05, 0) is 113 Å².